The fourth-order valence-corrected chi connectivity index (χ4v) is 2.69. The zero-order valence-electron chi connectivity index (χ0n) is 13.8. The number of carbonyl (C=O) groups excluding carboxylic acids is 1. The first-order chi connectivity index (χ1) is 11.6. The number of hydrogen-bond donors (Lipinski definition) is 1. The Morgan fingerprint density at radius 1 is 1.25 bits per heavy atom. The van der Waals surface area contributed by atoms with Crippen molar-refractivity contribution >= 4 is 5.91 Å². The summed E-state index contributed by atoms with van der Waals surface area (Å²) >= 11 is 0. The molecule has 0 saturated heterocycles. The van der Waals surface area contributed by atoms with Gasteiger partial charge >= 0.3 is 0 Å². The number of hydrogen-bond acceptors (Lipinski definition) is 5. The number of aryl methyl sites for hydroxylation is 2. The Bertz CT molecular complexity index is 824. The standard InChI is InChI=1S/C16H19N7O/c1-11-14(12(2)22(3)19-11)9-17-16(24)15(23-10-18-20-21-23)13-7-5-4-6-8-13/h4-8,10,15H,9H2,1-3H3,(H,17,24). The number of benzene rings is 1. The molecule has 1 N–H and O–H groups in total. The van der Waals surface area contributed by atoms with Crippen molar-refractivity contribution in [1.82, 2.24) is 35.3 Å². The molecule has 8 nitrogen and oxygen atoms in total. The SMILES string of the molecule is Cc1nn(C)c(C)c1CNC(=O)C(c1ccccc1)n1cnnn1. The van der Waals surface area contributed by atoms with Crippen LogP contribution in [0.15, 0.2) is 36.7 Å². The lowest BCUT2D eigenvalue weighted by atomic mass is 10.1. The highest BCUT2D eigenvalue weighted by molar-refractivity contribution is 5.83. The molecular weight excluding hydrogens is 306 g/mol. The molecule has 0 aliphatic rings. The summed E-state index contributed by atoms with van der Waals surface area (Å²) in [6, 6.07) is 8.82. The second-order valence-electron chi connectivity index (χ2n) is 5.59. The van der Waals surface area contributed by atoms with Gasteiger partial charge in [-0.05, 0) is 29.8 Å². The van der Waals surface area contributed by atoms with E-state index in [0.717, 1.165) is 22.5 Å². The van der Waals surface area contributed by atoms with Crippen molar-refractivity contribution in [2.24, 2.45) is 7.05 Å². The normalized spacial score (nSPS) is 12.1. The zero-order valence-corrected chi connectivity index (χ0v) is 13.8. The fraction of sp³-hybridized carbons (Fsp3) is 0.312. The lowest BCUT2D eigenvalue weighted by Crippen LogP contribution is -2.33. The van der Waals surface area contributed by atoms with Crippen LogP contribution < -0.4 is 5.32 Å². The molecule has 8 heteroatoms. The Morgan fingerprint density at radius 2 is 2.00 bits per heavy atom. The summed E-state index contributed by atoms with van der Waals surface area (Å²) in [5.74, 6) is -0.170. The van der Waals surface area contributed by atoms with Gasteiger partial charge in [0.2, 0.25) is 5.91 Å². The van der Waals surface area contributed by atoms with Crippen LogP contribution in [0.4, 0.5) is 0 Å². The molecule has 3 aromatic rings. The first-order valence-corrected chi connectivity index (χ1v) is 7.62. The van der Waals surface area contributed by atoms with Crippen LogP contribution in [0.25, 0.3) is 0 Å². The largest absolute Gasteiger partial charge is 0.350 e. The van der Waals surface area contributed by atoms with Crippen molar-refractivity contribution < 1.29 is 4.79 Å². The summed E-state index contributed by atoms with van der Waals surface area (Å²) < 4.78 is 3.26. The smallest absolute Gasteiger partial charge is 0.249 e. The molecular formula is C16H19N7O. The average molecular weight is 325 g/mol. The molecule has 2 aromatic heterocycles. The van der Waals surface area contributed by atoms with Gasteiger partial charge in [0.05, 0.1) is 5.69 Å². The van der Waals surface area contributed by atoms with Gasteiger partial charge in [0.1, 0.15) is 6.33 Å². The topological polar surface area (TPSA) is 90.5 Å². The predicted molar refractivity (Wildman–Crippen MR) is 86.9 cm³/mol. The highest BCUT2D eigenvalue weighted by Crippen LogP contribution is 2.18. The number of carbonyl (C=O) groups is 1. The Labute approximate surface area is 139 Å². The number of aromatic nitrogens is 6. The predicted octanol–water partition coefficient (Wildman–Crippen LogP) is 0.929. The van der Waals surface area contributed by atoms with Gasteiger partial charge in [0.25, 0.3) is 0 Å². The van der Waals surface area contributed by atoms with Crippen molar-refractivity contribution in [1.29, 1.82) is 0 Å². The van der Waals surface area contributed by atoms with Gasteiger partial charge in [-0.25, -0.2) is 4.68 Å². The Balaban J connectivity index is 1.82. The van der Waals surface area contributed by atoms with Gasteiger partial charge < -0.3 is 5.32 Å². The van der Waals surface area contributed by atoms with Crippen molar-refractivity contribution in [2.75, 3.05) is 0 Å². The molecule has 0 bridgehead atoms. The van der Waals surface area contributed by atoms with Gasteiger partial charge in [0.15, 0.2) is 6.04 Å². The van der Waals surface area contributed by atoms with Crippen LogP contribution in [0, 0.1) is 13.8 Å². The van der Waals surface area contributed by atoms with Gasteiger partial charge in [-0.15, -0.1) is 5.10 Å². The first-order valence-electron chi connectivity index (χ1n) is 7.62. The highest BCUT2D eigenvalue weighted by Gasteiger charge is 2.24. The Hall–Kier alpha value is -3.03. The third-order valence-corrected chi connectivity index (χ3v) is 4.09. The summed E-state index contributed by atoms with van der Waals surface area (Å²) in [6.45, 7) is 4.33. The van der Waals surface area contributed by atoms with E-state index >= 15 is 0 Å². The van der Waals surface area contributed by atoms with E-state index in [4.69, 9.17) is 0 Å². The number of rotatable bonds is 5. The first kappa shape index (κ1) is 15.9. The highest BCUT2D eigenvalue weighted by atomic mass is 16.2. The minimum absolute atomic E-state index is 0.170. The van der Waals surface area contributed by atoms with Crippen molar-refractivity contribution in [3.8, 4) is 0 Å². The van der Waals surface area contributed by atoms with E-state index in [-0.39, 0.29) is 5.91 Å². The van der Waals surface area contributed by atoms with Gasteiger partial charge in [-0.3, -0.25) is 9.48 Å². The molecule has 24 heavy (non-hydrogen) atoms. The number of nitrogens with zero attached hydrogens (tertiary/aromatic N) is 6. The van der Waals surface area contributed by atoms with Crippen molar-refractivity contribution in [3.63, 3.8) is 0 Å². The average Bonchev–Trinajstić information content (AvgIpc) is 3.17. The van der Waals surface area contributed by atoms with Crippen LogP contribution in [-0.4, -0.2) is 35.9 Å². The lowest BCUT2D eigenvalue weighted by Gasteiger charge is -2.16. The molecule has 1 unspecified atom stereocenters. The third-order valence-electron chi connectivity index (χ3n) is 4.09. The van der Waals surface area contributed by atoms with Crippen LogP contribution >= 0.6 is 0 Å². The van der Waals surface area contributed by atoms with Gasteiger partial charge in [0, 0.05) is 24.8 Å². The molecule has 3 rings (SSSR count). The molecule has 0 radical (unpaired) electrons. The maximum absolute atomic E-state index is 12.8. The van der Waals surface area contributed by atoms with Crippen LogP contribution in [0.2, 0.25) is 0 Å². The monoisotopic (exact) mass is 325 g/mol. The van der Waals surface area contributed by atoms with E-state index in [1.165, 1.54) is 11.0 Å². The summed E-state index contributed by atoms with van der Waals surface area (Å²) in [6.07, 6.45) is 1.44. The van der Waals surface area contributed by atoms with E-state index in [1.807, 2.05) is 55.9 Å². The van der Waals surface area contributed by atoms with E-state index in [0.29, 0.717) is 6.54 Å². The summed E-state index contributed by atoms with van der Waals surface area (Å²) in [7, 11) is 1.89. The number of tetrazole rings is 1. The van der Waals surface area contributed by atoms with Crippen molar-refractivity contribution in [2.45, 2.75) is 26.4 Å². The van der Waals surface area contributed by atoms with Crippen LogP contribution in [0.1, 0.15) is 28.6 Å². The van der Waals surface area contributed by atoms with Gasteiger partial charge in [-0.1, -0.05) is 30.3 Å². The molecule has 0 fully saturated rings. The molecule has 0 aliphatic carbocycles. The Morgan fingerprint density at radius 3 is 2.58 bits per heavy atom. The molecule has 2 heterocycles. The minimum atomic E-state index is -0.613. The number of amides is 1. The second kappa shape index (κ2) is 6.61. The molecule has 1 amide bonds. The lowest BCUT2D eigenvalue weighted by molar-refractivity contribution is -0.123. The van der Waals surface area contributed by atoms with Crippen LogP contribution in [0.3, 0.4) is 0 Å². The van der Waals surface area contributed by atoms with E-state index < -0.39 is 6.04 Å². The quantitative estimate of drug-likeness (QED) is 0.753. The molecule has 0 spiro atoms. The second-order valence-corrected chi connectivity index (χ2v) is 5.59. The zero-order chi connectivity index (χ0) is 17.1. The van der Waals surface area contributed by atoms with E-state index in [9.17, 15) is 4.79 Å². The Kier molecular flexibility index (Phi) is 4.37. The van der Waals surface area contributed by atoms with E-state index in [1.54, 1.807) is 0 Å². The van der Waals surface area contributed by atoms with E-state index in [2.05, 4.69) is 25.9 Å². The van der Waals surface area contributed by atoms with Crippen LogP contribution in [-0.2, 0) is 18.4 Å². The van der Waals surface area contributed by atoms with Crippen LogP contribution in [0.5, 0.6) is 0 Å². The molecule has 1 aromatic carbocycles. The number of nitrogens with one attached hydrogen (secondary N) is 1. The summed E-state index contributed by atoms with van der Waals surface area (Å²) in [5.41, 5.74) is 3.79. The fourth-order valence-electron chi connectivity index (χ4n) is 2.69. The molecule has 124 valence electrons. The summed E-state index contributed by atoms with van der Waals surface area (Å²) in [5, 5.41) is 18.5. The minimum Gasteiger partial charge on any atom is -0.350 e. The third kappa shape index (κ3) is 3.03. The van der Waals surface area contributed by atoms with Crippen molar-refractivity contribution in [3.05, 3.63) is 59.2 Å². The summed E-state index contributed by atoms with van der Waals surface area (Å²) in [4.78, 5) is 12.8. The molecule has 0 saturated carbocycles. The molecule has 0 aliphatic heterocycles. The van der Waals surface area contributed by atoms with Gasteiger partial charge in [-0.2, -0.15) is 5.10 Å². The molecule has 1 atom stereocenters. The maximum atomic E-state index is 12.8. The maximum Gasteiger partial charge on any atom is 0.249 e.